The summed E-state index contributed by atoms with van der Waals surface area (Å²) in [6.07, 6.45) is -0.921. The molecular formula is C27H35N5O9. The minimum atomic E-state index is -1.29. The zero-order chi connectivity index (χ0) is 30.2. The van der Waals surface area contributed by atoms with Crippen LogP contribution in [-0.2, 0) is 23.9 Å². The van der Waals surface area contributed by atoms with E-state index in [1.807, 2.05) is 0 Å². The van der Waals surface area contributed by atoms with Crippen molar-refractivity contribution >= 4 is 29.8 Å². The molecule has 0 bridgehead atoms. The Hall–Kier alpha value is -4.62. The molecule has 1 aliphatic heterocycles. The Labute approximate surface area is 237 Å². The summed E-state index contributed by atoms with van der Waals surface area (Å²) < 4.78 is 17.0. The molecule has 1 aromatic carbocycles. The fraction of sp³-hybridized carbons (Fsp3) is 0.481. The highest BCUT2D eigenvalue weighted by Gasteiger charge is 2.34. The SMILES string of the molecule is CCOC(=O)N1CCN(C(=O)[C@H](CC(=O)OC(C)(C)C)NC(=O)c2cc(OCC(=O)O)n(-c3ccccc3)n2)CC1. The van der Waals surface area contributed by atoms with E-state index in [9.17, 15) is 24.0 Å². The third-order valence-corrected chi connectivity index (χ3v) is 5.77. The lowest BCUT2D eigenvalue weighted by Gasteiger charge is -2.35. The highest BCUT2D eigenvalue weighted by Crippen LogP contribution is 2.20. The van der Waals surface area contributed by atoms with E-state index in [-0.39, 0.29) is 44.4 Å². The van der Waals surface area contributed by atoms with E-state index < -0.39 is 54.5 Å². The highest BCUT2D eigenvalue weighted by molar-refractivity contribution is 5.97. The van der Waals surface area contributed by atoms with Crippen LogP contribution in [0.3, 0.4) is 0 Å². The van der Waals surface area contributed by atoms with Gasteiger partial charge < -0.3 is 34.4 Å². The second-order valence-corrected chi connectivity index (χ2v) is 10.1. The molecule has 2 N–H and O–H groups in total. The van der Waals surface area contributed by atoms with Crippen molar-refractivity contribution in [3.05, 3.63) is 42.1 Å². The predicted octanol–water partition coefficient (Wildman–Crippen LogP) is 1.47. The average molecular weight is 574 g/mol. The van der Waals surface area contributed by atoms with Gasteiger partial charge in [-0.1, -0.05) is 18.2 Å². The summed E-state index contributed by atoms with van der Waals surface area (Å²) in [7, 11) is 0. The Kier molecular flexibility index (Phi) is 10.3. The topological polar surface area (TPSA) is 170 Å². The number of ether oxygens (including phenoxy) is 3. The van der Waals surface area contributed by atoms with E-state index in [1.54, 1.807) is 58.0 Å². The van der Waals surface area contributed by atoms with Gasteiger partial charge in [0.25, 0.3) is 5.91 Å². The van der Waals surface area contributed by atoms with Crippen LogP contribution in [0, 0.1) is 0 Å². The Bertz CT molecular complexity index is 1250. The van der Waals surface area contributed by atoms with Crippen LogP contribution in [0.2, 0.25) is 0 Å². The number of para-hydroxylation sites is 1. The van der Waals surface area contributed by atoms with E-state index in [0.29, 0.717) is 5.69 Å². The van der Waals surface area contributed by atoms with Crippen molar-refractivity contribution in [3.63, 3.8) is 0 Å². The van der Waals surface area contributed by atoms with Gasteiger partial charge in [0.1, 0.15) is 11.6 Å². The van der Waals surface area contributed by atoms with E-state index in [1.165, 1.54) is 20.5 Å². The average Bonchev–Trinajstić information content (AvgIpc) is 3.35. The van der Waals surface area contributed by atoms with Crippen LogP contribution >= 0.6 is 0 Å². The number of rotatable bonds is 10. The number of aromatic nitrogens is 2. The second-order valence-electron chi connectivity index (χ2n) is 10.1. The van der Waals surface area contributed by atoms with Crippen molar-refractivity contribution in [2.45, 2.75) is 45.8 Å². The number of esters is 1. The number of carbonyl (C=O) groups excluding carboxylic acids is 4. The molecule has 222 valence electrons. The van der Waals surface area contributed by atoms with Crippen molar-refractivity contribution < 1.29 is 43.3 Å². The van der Waals surface area contributed by atoms with Crippen LogP contribution in [0.25, 0.3) is 5.69 Å². The van der Waals surface area contributed by atoms with Gasteiger partial charge >= 0.3 is 18.0 Å². The van der Waals surface area contributed by atoms with Gasteiger partial charge in [-0.05, 0) is 39.8 Å². The summed E-state index contributed by atoms with van der Waals surface area (Å²) in [5, 5.41) is 15.9. The van der Waals surface area contributed by atoms with Crippen molar-refractivity contribution in [1.29, 1.82) is 0 Å². The minimum absolute atomic E-state index is 0.00569. The molecule has 1 atom stereocenters. The van der Waals surface area contributed by atoms with Gasteiger partial charge in [-0.25, -0.2) is 14.3 Å². The molecule has 1 fully saturated rings. The maximum absolute atomic E-state index is 13.5. The van der Waals surface area contributed by atoms with Gasteiger partial charge in [0.2, 0.25) is 11.8 Å². The van der Waals surface area contributed by atoms with Crippen molar-refractivity contribution in [2.24, 2.45) is 0 Å². The molecular weight excluding hydrogens is 538 g/mol. The molecule has 14 nitrogen and oxygen atoms in total. The number of carbonyl (C=O) groups is 5. The van der Waals surface area contributed by atoms with Gasteiger partial charge in [0.05, 0.1) is 18.7 Å². The lowest BCUT2D eigenvalue weighted by molar-refractivity contribution is -0.157. The molecule has 2 heterocycles. The van der Waals surface area contributed by atoms with Crippen molar-refractivity contribution in [3.8, 4) is 11.6 Å². The van der Waals surface area contributed by atoms with Crippen LogP contribution in [0.1, 0.15) is 44.6 Å². The molecule has 41 heavy (non-hydrogen) atoms. The molecule has 3 amide bonds. The first-order valence-electron chi connectivity index (χ1n) is 13.1. The highest BCUT2D eigenvalue weighted by atomic mass is 16.6. The Balaban J connectivity index is 1.82. The first-order valence-corrected chi connectivity index (χ1v) is 13.1. The number of benzene rings is 1. The maximum atomic E-state index is 13.5. The third-order valence-electron chi connectivity index (χ3n) is 5.77. The summed E-state index contributed by atoms with van der Waals surface area (Å²) >= 11 is 0. The molecule has 2 aromatic rings. The summed E-state index contributed by atoms with van der Waals surface area (Å²) in [5.74, 6) is -3.23. The number of hydrogen-bond acceptors (Lipinski definition) is 9. The van der Waals surface area contributed by atoms with E-state index >= 15 is 0 Å². The number of aliphatic carboxylic acids is 1. The van der Waals surface area contributed by atoms with Crippen LogP contribution in [0.5, 0.6) is 5.88 Å². The minimum Gasteiger partial charge on any atom is -0.479 e. The zero-order valence-corrected chi connectivity index (χ0v) is 23.5. The van der Waals surface area contributed by atoms with Crippen LogP contribution in [0.15, 0.2) is 36.4 Å². The first-order chi connectivity index (χ1) is 19.4. The molecule has 0 saturated carbocycles. The molecule has 3 rings (SSSR count). The lowest BCUT2D eigenvalue weighted by atomic mass is 10.1. The second kappa shape index (κ2) is 13.6. The monoisotopic (exact) mass is 573 g/mol. The summed E-state index contributed by atoms with van der Waals surface area (Å²) in [6, 6.07) is 8.57. The standard InChI is InChI=1S/C27H35N5O9/c1-5-39-26(38)31-13-11-30(12-14-31)25(37)20(16-23(35)41-27(2,3)4)28-24(36)19-15-21(40-17-22(33)34)32(29-19)18-9-7-6-8-10-18/h6-10,15,20H,5,11-14,16-17H2,1-4H3,(H,28,36)(H,33,34)/t20-/m0/s1. The van der Waals surface area contributed by atoms with Crippen LogP contribution < -0.4 is 10.1 Å². The number of amides is 3. The van der Waals surface area contributed by atoms with Crippen molar-refractivity contribution in [1.82, 2.24) is 24.9 Å². The Morgan fingerprint density at radius 3 is 2.24 bits per heavy atom. The lowest BCUT2D eigenvalue weighted by Crippen LogP contribution is -2.56. The quantitative estimate of drug-likeness (QED) is 0.397. The van der Waals surface area contributed by atoms with Crippen molar-refractivity contribution in [2.75, 3.05) is 39.4 Å². The number of piperazine rings is 1. The largest absolute Gasteiger partial charge is 0.479 e. The molecule has 0 aliphatic carbocycles. The van der Waals surface area contributed by atoms with Gasteiger partial charge in [-0.2, -0.15) is 5.10 Å². The number of carboxylic acids is 1. The van der Waals surface area contributed by atoms with E-state index in [0.717, 1.165) is 0 Å². The number of carboxylic acid groups (broad SMARTS) is 1. The molecule has 0 spiro atoms. The maximum Gasteiger partial charge on any atom is 0.409 e. The Morgan fingerprint density at radius 2 is 1.66 bits per heavy atom. The van der Waals surface area contributed by atoms with Gasteiger partial charge in [0.15, 0.2) is 12.3 Å². The molecule has 0 radical (unpaired) electrons. The number of hydrogen-bond donors (Lipinski definition) is 2. The zero-order valence-electron chi connectivity index (χ0n) is 23.5. The number of nitrogens with one attached hydrogen (secondary N) is 1. The molecule has 14 heteroatoms. The fourth-order valence-corrected chi connectivity index (χ4v) is 3.99. The first kappa shape index (κ1) is 30.9. The molecule has 1 saturated heterocycles. The Morgan fingerprint density at radius 1 is 1.02 bits per heavy atom. The molecule has 1 aliphatic rings. The van der Waals surface area contributed by atoms with Crippen LogP contribution in [-0.4, -0.2) is 106 Å². The fourth-order valence-electron chi connectivity index (χ4n) is 3.99. The van der Waals surface area contributed by atoms with Gasteiger partial charge in [0, 0.05) is 32.2 Å². The van der Waals surface area contributed by atoms with Gasteiger partial charge in [-0.15, -0.1) is 0 Å². The normalized spacial score (nSPS) is 14.1. The van der Waals surface area contributed by atoms with Gasteiger partial charge in [-0.3, -0.25) is 14.4 Å². The van der Waals surface area contributed by atoms with Crippen LogP contribution in [0.4, 0.5) is 4.79 Å². The third kappa shape index (κ3) is 8.95. The summed E-state index contributed by atoms with van der Waals surface area (Å²) in [5.41, 5.74) is -0.471. The summed E-state index contributed by atoms with van der Waals surface area (Å²) in [6.45, 7) is 7.11. The number of nitrogens with zero attached hydrogens (tertiary/aromatic N) is 4. The van der Waals surface area contributed by atoms with E-state index in [4.69, 9.17) is 19.3 Å². The smallest absolute Gasteiger partial charge is 0.409 e. The predicted molar refractivity (Wildman–Crippen MR) is 144 cm³/mol. The summed E-state index contributed by atoms with van der Waals surface area (Å²) in [4.78, 5) is 65.5. The molecule has 1 aromatic heterocycles. The van der Waals surface area contributed by atoms with E-state index in [2.05, 4.69) is 10.4 Å². The molecule has 0 unspecified atom stereocenters.